The van der Waals surface area contributed by atoms with Gasteiger partial charge in [0.1, 0.15) is 0 Å². The van der Waals surface area contributed by atoms with Crippen LogP contribution in [0.4, 0.5) is 5.69 Å². The lowest BCUT2D eigenvalue weighted by Gasteiger charge is -2.16. The van der Waals surface area contributed by atoms with Gasteiger partial charge in [-0.25, -0.2) is 0 Å². The molecule has 0 radical (unpaired) electrons. The highest BCUT2D eigenvalue weighted by molar-refractivity contribution is 6.05. The highest BCUT2D eigenvalue weighted by Crippen LogP contribution is 2.14. The summed E-state index contributed by atoms with van der Waals surface area (Å²) in [5.41, 5.74) is 7.94. The van der Waals surface area contributed by atoms with Crippen molar-refractivity contribution in [3.63, 3.8) is 0 Å². The van der Waals surface area contributed by atoms with Crippen LogP contribution in [0, 0.1) is 0 Å². The van der Waals surface area contributed by atoms with Gasteiger partial charge in [0.2, 0.25) is 0 Å². The summed E-state index contributed by atoms with van der Waals surface area (Å²) in [7, 11) is 1.73. The second-order valence-electron chi connectivity index (χ2n) is 3.98. The molecule has 0 spiro atoms. The molecule has 4 nitrogen and oxygen atoms in total. The minimum Gasteiger partial charge on any atom is -0.326 e. The Labute approximate surface area is 106 Å². The molecule has 0 aliphatic heterocycles. The van der Waals surface area contributed by atoms with Crippen LogP contribution >= 0.6 is 0 Å². The van der Waals surface area contributed by atoms with Crippen molar-refractivity contribution in [3.8, 4) is 0 Å². The van der Waals surface area contributed by atoms with Crippen LogP contribution in [-0.4, -0.2) is 17.9 Å². The van der Waals surface area contributed by atoms with Gasteiger partial charge in [-0.15, -0.1) is 0 Å². The van der Waals surface area contributed by atoms with E-state index in [1.54, 1.807) is 42.5 Å². The average Bonchev–Trinajstić information content (AvgIpc) is 2.47. The topological polar surface area (TPSA) is 59.2 Å². The summed E-state index contributed by atoms with van der Waals surface area (Å²) >= 11 is 0. The first-order valence-corrected chi connectivity index (χ1v) is 5.69. The van der Waals surface area contributed by atoms with Crippen LogP contribution in [0.2, 0.25) is 0 Å². The van der Waals surface area contributed by atoms with E-state index >= 15 is 0 Å². The molecule has 0 atom stereocenters. The number of carbonyl (C=O) groups is 1. The lowest BCUT2D eigenvalue weighted by Crippen LogP contribution is -2.26. The maximum Gasteiger partial charge on any atom is 0.258 e. The van der Waals surface area contributed by atoms with Gasteiger partial charge in [0.05, 0.1) is 11.9 Å². The summed E-state index contributed by atoms with van der Waals surface area (Å²) in [4.78, 5) is 17.8. The molecule has 1 amide bonds. The monoisotopic (exact) mass is 241 g/mol. The summed E-state index contributed by atoms with van der Waals surface area (Å²) in [5.74, 6) is -0.0634. The smallest absolute Gasteiger partial charge is 0.258 e. The SMILES string of the molecule is CN(C(=O)c1ccc(CN)cc1)c1cccnc1. The first-order valence-electron chi connectivity index (χ1n) is 5.69. The Morgan fingerprint density at radius 3 is 2.56 bits per heavy atom. The molecule has 0 saturated carbocycles. The van der Waals surface area contributed by atoms with E-state index in [2.05, 4.69) is 4.98 Å². The average molecular weight is 241 g/mol. The standard InChI is InChI=1S/C14H15N3O/c1-17(13-3-2-8-16-10-13)14(18)12-6-4-11(9-15)5-7-12/h2-8,10H,9,15H2,1H3. The molecular formula is C14H15N3O. The largest absolute Gasteiger partial charge is 0.326 e. The van der Waals surface area contributed by atoms with Crippen LogP contribution in [0.1, 0.15) is 15.9 Å². The van der Waals surface area contributed by atoms with Crippen molar-refractivity contribution >= 4 is 11.6 Å². The van der Waals surface area contributed by atoms with E-state index in [4.69, 9.17) is 5.73 Å². The number of nitrogens with two attached hydrogens (primary N) is 1. The van der Waals surface area contributed by atoms with Gasteiger partial charge >= 0.3 is 0 Å². The van der Waals surface area contributed by atoms with Crippen molar-refractivity contribution in [3.05, 3.63) is 59.9 Å². The fourth-order valence-electron chi connectivity index (χ4n) is 1.65. The Morgan fingerprint density at radius 1 is 1.28 bits per heavy atom. The Kier molecular flexibility index (Phi) is 3.69. The van der Waals surface area contributed by atoms with Crippen molar-refractivity contribution in [2.45, 2.75) is 6.54 Å². The number of rotatable bonds is 3. The molecule has 2 rings (SSSR count). The molecule has 0 aliphatic carbocycles. The van der Waals surface area contributed by atoms with Crippen LogP contribution in [0.25, 0.3) is 0 Å². The molecule has 0 saturated heterocycles. The number of hydrogen-bond donors (Lipinski definition) is 1. The van der Waals surface area contributed by atoms with Crippen LogP contribution in [0.5, 0.6) is 0 Å². The van der Waals surface area contributed by atoms with Gasteiger partial charge in [-0.1, -0.05) is 12.1 Å². The molecule has 2 N–H and O–H groups in total. The molecule has 1 heterocycles. The maximum absolute atomic E-state index is 12.2. The number of pyridine rings is 1. The van der Waals surface area contributed by atoms with Crippen LogP contribution in [-0.2, 0) is 6.54 Å². The maximum atomic E-state index is 12.2. The van der Waals surface area contributed by atoms with Crippen LogP contribution in [0.15, 0.2) is 48.8 Å². The second-order valence-corrected chi connectivity index (χ2v) is 3.98. The van der Waals surface area contributed by atoms with Gasteiger partial charge < -0.3 is 10.6 Å². The Morgan fingerprint density at radius 2 is 2.00 bits per heavy atom. The third-order valence-electron chi connectivity index (χ3n) is 2.77. The lowest BCUT2D eigenvalue weighted by atomic mass is 10.1. The Balaban J connectivity index is 2.20. The third kappa shape index (κ3) is 2.55. The number of benzene rings is 1. The molecule has 0 unspecified atom stereocenters. The van der Waals surface area contributed by atoms with Crippen LogP contribution < -0.4 is 10.6 Å². The zero-order valence-electron chi connectivity index (χ0n) is 10.2. The first kappa shape index (κ1) is 12.3. The number of aromatic nitrogens is 1. The van der Waals surface area contributed by atoms with E-state index in [1.807, 2.05) is 18.2 Å². The van der Waals surface area contributed by atoms with E-state index in [0.717, 1.165) is 11.3 Å². The molecule has 4 heteroatoms. The molecule has 18 heavy (non-hydrogen) atoms. The Hall–Kier alpha value is -2.20. The van der Waals surface area contributed by atoms with Crippen molar-refractivity contribution in [1.82, 2.24) is 4.98 Å². The fraction of sp³-hybridized carbons (Fsp3) is 0.143. The molecule has 2 aromatic rings. The predicted molar refractivity (Wildman–Crippen MR) is 71.3 cm³/mol. The van der Waals surface area contributed by atoms with E-state index in [1.165, 1.54) is 0 Å². The first-order chi connectivity index (χ1) is 8.72. The summed E-state index contributed by atoms with van der Waals surface area (Å²) in [6.07, 6.45) is 3.34. The zero-order valence-corrected chi connectivity index (χ0v) is 10.2. The summed E-state index contributed by atoms with van der Waals surface area (Å²) < 4.78 is 0. The summed E-state index contributed by atoms with van der Waals surface area (Å²) in [5, 5.41) is 0. The number of amides is 1. The number of carbonyl (C=O) groups excluding carboxylic acids is 1. The zero-order chi connectivity index (χ0) is 13.0. The fourth-order valence-corrected chi connectivity index (χ4v) is 1.65. The van der Waals surface area contributed by atoms with Gasteiger partial charge in [0, 0.05) is 25.4 Å². The van der Waals surface area contributed by atoms with E-state index in [0.29, 0.717) is 12.1 Å². The third-order valence-corrected chi connectivity index (χ3v) is 2.77. The van der Waals surface area contributed by atoms with Crippen molar-refractivity contribution < 1.29 is 4.79 Å². The second kappa shape index (κ2) is 5.42. The quantitative estimate of drug-likeness (QED) is 0.891. The van der Waals surface area contributed by atoms with Gasteiger partial charge in [-0.05, 0) is 29.8 Å². The van der Waals surface area contributed by atoms with Gasteiger partial charge in [0.25, 0.3) is 5.91 Å². The highest BCUT2D eigenvalue weighted by atomic mass is 16.2. The molecule has 1 aromatic carbocycles. The lowest BCUT2D eigenvalue weighted by molar-refractivity contribution is 0.0993. The van der Waals surface area contributed by atoms with Crippen molar-refractivity contribution in [2.75, 3.05) is 11.9 Å². The molecule has 92 valence electrons. The number of anilines is 1. The number of nitrogens with zero attached hydrogens (tertiary/aromatic N) is 2. The molecule has 0 bridgehead atoms. The summed E-state index contributed by atoms with van der Waals surface area (Å²) in [6.45, 7) is 0.479. The summed E-state index contributed by atoms with van der Waals surface area (Å²) in [6, 6.07) is 11.0. The van der Waals surface area contributed by atoms with E-state index in [-0.39, 0.29) is 5.91 Å². The minimum absolute atomic E-state index is 0.0634. The molecular weight excluding hydrogens is 226 g/mol. The highest BCUT2D eigenvalue weighted by Gasteiger charge is 2.12. The van der Waals surface area contributed by atoms with Gasteiger partial charge in [-0.2, -0.15) is 0 Å². The molecule has 0 aliphatic rings. The predicted octanol–water partition coefficient (Wildman–Crippen LogP) is 1.82. The minimum atomic E-state index is -0.0634. The van der Waals surface area contributed by atoms with E-state index < -0.39 is 0 Å². The van der Waals surface area contributed by atoms with Gasteiger partial charge in [-0.3, -0.25) is 9.78 Å². The van der Waals surface area contributed by atoms with E-state index in [9.17, 15) is 4.79 Å². The van der Waals surface area contributed by atoms with Crippen molar-refractivity contribution in [1.29, 1.82) is 0 Å². The Bertz CT molecular complexity index is 522. The normalized spacial score (nSPS) is 10.1. The number of hydrogen-bond acceptors (Lipinski definition) is 3. The van der Waals surface area contributed by atoms with Gasteiger partial charge in [0.15, 0.2) is 0 Å². The molecule has 0 fully saturated rings. The van der Waals surface area contributed by atoms with Crippen molar-refractivity contribution in [2.24, 2.45) is 5.73 Å². The molecule has 1 aromatic heterocycles. The van der Waals surface area contributed by atoms with Crippen LogP contribution in [0.3, 0.4) is 0 Å².